The van der Waals surface area contributed by atoms with E-state index in [4.69, 9.17) is 5.73 Å². The van der Waals surface area contributed by atoms with Crippen molar-refractivity contribution in [2.24, 2.45) is 5.73 Å². The molecule has 48 valence electrons. The Hall–Kier alpha value is -0.300. The van der Waals surface area contributed by atoms with Crippen LogP contribution in [0.3, 0.4) is 0 Å². The van der Waals surface area contributed by atoms with Crippen LogP contribution in [0.5, 0.6) is 0 Å². The SMILES string of the molecule is CCCC=C(C)CN. The van der Waals surface area contributed by atoms with E-state index in [1.807, 2.05) is 0 Å². The van der Waals surface area contributed by atoms with E-state index < -0.39 is 0 Å². The van der Waals surface area contributed by atoms with Crippen molar-refractivity contribution in [3.63, 3.8) is 0 Å². The van der Waals surface area contributed by atoms with Crippen molar-refractivity contribution in [3.05, 3.63) is 11.6 Å². The molecule has 0 bridgehead atoms. The predicted octanol–water partition coefficient (Wildman–Crippen LogP) is 1.69. The molecule has 8 heavy (non-hydrogen) atoms. The van der Waals surface area contributed by atoms with Gasteiger partial charge < -0.3 is 5.73 Å². The van der Waals surface area contributed by atoms with Gasteiger partial charge in [-0.05, 0) is 13.3 Å². The van der Waals surface area contributed by atoms with Gasteiger partial charge in [0.25, 0.3) is 0 Å². The summed E-state index contributed by atoms with van der Waals surface area (Å²) in [5.41, 5.74) is 6.64. The van der Waals surface area contributed by atoms with Gasteiger partial charge in [0, 0.05) is 6.54 Å². The molecular weight excluding hydrogens is 98.1 g/mol. The second-order valence-electron chi connectivity index (χ2n) is 2.04. The lowest BCUT2D eigenvalue weighted by Gasteiger charge is -1.91. The average Bonchev–Trinajstić information content (AvgIpc) is 1.83. The highest BCUT2D eigenvalue weighted by Crippen LogP contribution is 1.94. The first-order valence-electron chi connectivity index (χ1n) is 3.17. The number of unbranched alkanes of at least 4 members (excludes halogenated alkanes) is 1. The fraction of sp³-hybridized carbons (Fsp3) is 0.714. The zero-order valence-electron chi connectivity index (χ0n) is 5.78. The van der Waals surface area contributed by atoms with Gasteiger partial charge in [0.1, 0.15) is 0 Å². The number of nitrogens with two attached hydrogens (primary N) is 1. The van der Waals surface area contributed by atoms with Crippen LogP contribution in [0.2, 0.25) is 0 Å². The number of rotatable bonds is 3. The molecule has 0 amide bonds. The molecule has 0 aromatic heterocycles. The van der Waals surface area contributed by atoms with Crippen molar-refractivity contribution in [2.45, 2.75) is 26.7 Å². The summed E-state index contributed by atoms with van der Waals surface area (Å²) < 4.78 is 0. The number of hydrogen-bond acceptors (Lipinski definition) is 1. The summed E-state index contributed by atoms with van der Waals surface area (Å²) in [6, 6.07) is 0. The van der Waals surface area contributed by atoms with Crippen LogP contribution >= 0.6 is 0 Å². The molecule has 1 nitrogen and oxygen atoms in total. The van der Waals surface area contributed by atoms with Crippen LogP contribution in [0.15, 0.2) is 11.6 Å². The van der Waals surface area contributed by atoms with E-state index in [9.17, 15) is 0 Å². The Bertz CT molecular complexity index is 74.5. The largest absolute Gasteiger partial charge is 0.327 e. The van der Waals surface area contributed by atoms with E-state index in [0.717, 1.165) is 0 Å². The second kappa shape index (κ2) is 4.85. The zero-order valence-corrected chi connectivity index (χ0v) is 5.78. The van der Waals surface area contributed by atoms with Gasteiger partial charge in [-0.1, -0.05) is 25.0 Å². The lowest BCUT2D eigenvalue weighted by Crippen LogP contribution is -1.99. The van der Waals surface area contributed by atoms with Gasteiger partial charge >= 0.3 is 0 Å². The first kappa shape index (κ1) is 7.70. The normalized spacial score (nSPS) is 12.1. The van der Waals surface area contributed by atoms with Gasteiger partial charge in [-0.3, -0.25) is 0 Å². The summed E-state index contributed by atoms with van der Waals surface area (Å²) in [5.74, 6) is 0. The van der Waals surface area contributed by atoms with Gasteiger partial charge in [-0.25, -0.2) is 0 Å². The lowest BCUT2D eigenvalue weighted by molar-refractivity contribution is 0.939. The minimum atomic E-state index is 0.708. The zero-order chi connectivity index (χ0) is 6.41. The standard InChI is InChI=1S/C7H15N/c1-3-4-5-7(2)6-8/h5H,3-4,6,8H2,1-2H3. The molecule has 0 atom stereocenters. The fourth-order valence-corrected chi connectivity index (χ4v) is 0.474. The molecule has 0 aliphatic carbocycles. The van der Waals surface area contributed by atoms with E-state index in [1.54, 1.807) is 0 Å². The van der Waals surface area contributed by atoms with Crippen molar-refractivity contribution in [3.8, 4) is 0 Å². The molecule has 0 rings (SSSR count). The van der Waals surface area contributed by atoms with Crippen LogP contribution in [0, 0.1) is 0 Å². The Morgan fingerprint density at radius 2 is 2.25 bits per heavy atom. The Morgan fingerprint density at radius 3 is 2.62 bits per heavy atom. The highest BCUT2D eigenvalue weighted by atomic mass is 14.5. The maximum atomic E-state index is 5.34. The topological polar surface area (TPSA) is 26.0 Å². The van der Waals surface area contributed by atoms with Crippen LogP contribution in [0.25, 0.3) is 0 Å². The molecule has 0 heterocycles. The van der Waals surface area contributed by atoms with Crippen molar-refractivity contribution in [1.29, 1.82) is 0 Å². The fourth-order valence-electron chi connectivity index (χ4n) is 0.474. The lowest BCUT2D eigenvalue weighted by atomic mass is 10.2. The van der Waals surface area contributed by atoms with E-state index in [-0.39, 0.29) is 0 Å². The van der Waals surface area contributed by atoms with Gasteiger partial charge in [0.15, 0.2) is 0 Å². The third kappa shape index (κ3) is 3.88. The summed E-state index contributed by atoms with van der Waals surface area (Å²) in [4.78, 5) is 0. The Morgan fingerprint density at radius 1 is 1.62 bits per heavy atom. The summed E-state index contributed by atoms with van der Waals surface area (Å²) in [5, 5.41) is 0. The van der Waals surface area contributed by atoms with Gasteiger partial charge in [0.2, 0.25) is 0 Å². The first-order chi connectivity index (χ1) is 3.81. The summed E-state index contributed by atoms with van der Waals surface area (Å²) in [6.07, 6.45) is 4.58. The predicted molar refractivity (Wildman–Crippen MR) is 37.7 cm³/mol. The van der Waals surface area contributed by atoms with Gasteiger partial charge in [-0.15, -0.1) is 0 Å². The molecule has 0 aromatic rings. The molecule has 0 saturated carbocycles. The molecule has 0 aliphatic heterocycles. The van der Waals surface area contributed by atoms with Crippen molar-refractivity contribution in [2.75, 3.05) is 6.54 Å². The molecule has 0 saturated heterocycles. The van der Waals surface area contributed by atoms with E-state index in [0.29, 0.717) is 6.54 Å². The molecule has 0 radical (unpaired) electrons. The molecule has 0 fully saturated rings. The third-order valence-corrected chi connectivity index (χ3v) is 1.10. The number of allylic oxidation sites excluding steroid dienone is 1. The monoisotopic (exact) mass is 113 g/mol. The van der Waals surface area contributed by atoms with E-state index in [2.05, 4.69) is 19.9 Å². The molecular formula is C7H15N. The first-order valence-corrected chi connectivity index (χ1v) is 3.17. The highest BCUT2D eigenvalue weighted by Gasteiger charge is 1.79. The van der Waals surface area contributed by atoms with E-state index in [1.165, 1.54) is 18.4 Å². The molecule has 0 aromatic carbocycles. The van der Waals surface area contributed by atoms with Crippen molar-refractivity contribution >= 4 is 0 Å². The average molecular weight is 113 g/mol. The Labute approximate surface area is 51.6 Å². The molecule has 2 N–H and O–H groups in total. The van der Waals surface area contributed by atoms with Crippen LogP contribution in [0.1, 0.15) is 26.7 Å². The van der Waals surface area contributed by atoms with Crippen LogP contribution < -0.4 is 5.73 Å². The van der Waals surface area contributed by atoms with Gasteiger partial charge in [0.05, 0.1) is 0 Å². The molecule has 1 heteroatoms. The van der Waals surface area contributed by atoms with Crippen molar-refractivity contribution < 1.29 is 0 Å². The number of hydrogen-bond donors (Lipinski definition) is 1. The minimum absolute atomic E-state index is 0.708. The van der Waals surface area contributed by atoms with Gasteiger partial charge in [-0.2, -0.15) is 0 Å². The second-order valence-corrected chi connectivity index (χ2v) is 2.04. The minimum Gasteiger partial charge on any atom is -0.327 e. The molecule has 0 spiro atoms. The molecule has 0 aliphatic rings. The van der Waals surface area contributed by atoms with Crippen LogP contribution in [0.4, 0.5) is 0 Å². The van der Waals surface area contributed by atoms with Crippen LogP contribution in [-0.2, 0) is 0 Å². The maximum Gasteiger partial charge on any atom is 0.0134 e. The van der Waals surface area contributed by atoms with Crippen LogP contribution in [-0.4, -0.2) is 6.54 Å². The van der Waals surface area contributed by atoms with Crippen molar-refractivity contribution in [1.82, 2.24) is 0 Å². The smallest absolute Gasteiger partial charge is 0.0134 e. The highest BCUT2D eigenvalue weighted by molar-refractivity contribution is 4.98. The van der Waals surface area contributed by atoms with E-state index >= 15 is 0 Å². The quantitative estimate of drug-likeness (QED) is 0.554. The Balaban J connectivity index is 3.26. The summed E-state index contributed by atoms with van der Waals surface area (Å²) in [6.45, 7) is 4.94. The maximum absolute atomic E-state index is 5.34. The third-order valence-electron chi connectivity index (χ3n) is 1.10. The Kier molecular flexibility index (Phi) is 4.67. The summed E-state index contributed by atoms with van der Waals surface area (Å²) in [7, 11) is 0. The summed E-state index contributed by atoms with van der Waals surface area (Å²) >= 11 is 0. The molecule has 0 unspecified atom stereocenters.